The van der Waals surface area contributed by atoms with E-state index >= 15 is 0 Å². The van der Waals surface area contributed by atoms with Crippen LogP contribution in [0.3, 0.4) is 0 Å². The lowest BCUT2D eigenvalue weighted by Gasteiger charge is -2.12. The van der Waals surface area contributed by atoms with Crippen LogP contribution >= 0.6 is 11.8 Å². The van der Waals surface area contributed by atoms with E-state index in [-0.39, 0.29) is 10.7 Å². The number of thioether (sulfide) groups is 1. The predicted molar refractivity (Wildman–Crippen MR) is 93.5 cm³/mol. The normalized spacial score (nSPS) is 12.4. The van der Waals surface area contributed by atoms with Gasteiger partial charge in [-0.05, 0) is 38.1 Å². The van der Waals surface area contributed by atoms with E-state index in [1.807, 2.05) is 30.3 Å². The molecule has 1 atom stereocenters. The Morgan fingerprint density at radius 2 is 1.58 bits per heavy atom. The molecule has 7 heteroatoms. The third-order valence-corrected chi connectivity index (χ3v) is 5.71. The minimum Gasteiger partial charge on any atom is -0.295 e. The second-order valence-electron chi connectivity index (χ2n) is 5.12. The van der Waals surface area contributed by atoms with Crippen molar-refractivity contribution in [2.24, 2.45) is 0 Å². The quantitative estimate of drug-likeness (QED) is 0.630. The smallest absolute Gasteiger partial charge is 0.264 e. The van der Waals surface area contributed by atoms with E-state index in [1.165, 1.54) is 43.0 Å². The van der Waals surface area contributed by atoms with Crippen LogP contribution in [0.15, 0.2) is 64.4 Å². The van der Waals surface area contributed by atoms with Crippen LogP contribution < -0.4 is 4.72 Å². The summed E-state index contributed by atoms with van der Waals surface area (Å²) in [6.45, 7) is 3.04. The van der Waals surface area contributed by atoms with E-state index in [2.05, 4.69) is 4.72 Å². The summed E-state index contributed by atoms with van der Waals surface area (Å²) in [5, 5.41) is -0.571. The zero-order valence-corrected chi connectivity index (χ0v) is 14.9. The molecule has 0 saturated carbocycles. The number of carbonyl (C=O) groups excluding carboxylic acids is 2. The van der Waals surface area contributed by atoms with Crippen LogP contribution in [-0.4, -0.2) is 25.4 Å². The van der Waals surface area contributed by atoms with Crippen molar-refractivity contribution in [3.63, 3.8) is 0 Å². The topological polar surface area (TPSA) is 80.3 Å². The maximum atomic E-state index is 12.3. The van der Waals surface area contributed by atoms with E-state index in [0.717, 1.165) is 4.90 Å². The molecule has 1 N–H and O–H groups in total. The van der Waals surface area contributed by atoms with Crippen molar-refractivity contribution in [1.82, 2.24) is 4.72 Å². The van der Waals surface area contributed by atoms with Gasteiger partial charge < -0.3 is 0 Å². The summed E-state index contributed by atoms with van der Waals surface area (Å²) in [5.74, 6) is -0.754. The molecular formula is C17H17NO4S2. The molecule has 0 aliphatic rings. The van der Waals surface area contributed by atoms with Crippen molar-refractivity contribution in [2.75, 3.05) is 0 Å². The van der Waals surface area contributed by atoms with Crippen molar-refractivity contribution >= 4 is 33.5 Å². The minimum atomic E-state index is -3.96. The monoisotopic (exact) mass is 363 g/mol. The second kappa shape index (κ2) is 7.63. The van der Waals surface area contributed by atoms with Crippen molar-refractivity contribution in [1.29, 1.82) is 0 Å². The van der Waals surface area contributed by atoms with Crippen LogP contribution in [0.4, 0.5) is 0 Å². The number of hydrogen-bond donors (Lipinski definition) is 1. The first-order chi connectivity index (χ1) is 11.3. The summed E-state index contributed by atoms with van der Waals surface area (Å²) in [7, 11) is -3.96. The number of benzene rings is 2. The van der Waals surface area contributed by atoms with Gasteiger partial charge >= 0.3 is 0 Å². The number of Topliss-reactive ketones (excluding diaryl/α,β-unsaturated/α-hetero) is 1. The molecule has 2 aromatic carbocycles. The Morgan fingerprint density at radius 3 is 2.12 bits per heavy atom. The summed E-state index contributed by atoms with van der Waals surface area (Å²) in [6.07, 6.45) is 0. The van der Waals surface area contributed by atoms with Crippen LogP contribution in [0, 0.1) is 0 Å². The molecule has 0 bridgehead atoms. The lowest BCUT2D eigenvalue weighted by atomic mass is 10.2. The fourth-order valence-electron chi connectivity index (χ4n) is 1.90. The molecule has 0 aliphatic carbocycles. The Kier molecular flexibility index (Phi) is 5.80. The Bertz CT molecular complexity index is 831. The van der Waals surface area contributed by atoms with Gasteiger partial charge in [0.05, 0.1) is 10.1 Å². The predicted octanol–water partition coefficient (Wildman–Crippen LogP) is 2.87. The maximum absolute atomic E-state index is 12.3. The molecule has 1 amide bonds. The second-order valence-corrected chi connectivity index (χ2v) is 8.22. The van der Waals surface area contributed by atoms with E-state index in [0.29, 0.717) is 5.56 Å². The fourth-order valence-corrected chi connectivity index (χ4v) is 3.92. The fraction of sp³-hybridized carbons (Fsp3) is 0.176. The number of hydrogen-bond acceptors (Lipinski definition) is 5. The first kappa shape index (κ1) is 18.2. The first-order valence-corrected chi connectivity index (χ1v) is 9.55. The average Bonchev–Trinajstić information content (AvgIpc) is 2.55. The van der Waals surface area contributed by atoms with E-state index < -0.39 is 21.2 Å². The van der Waals surface area contributed by atoms with Crippen molar-refractivity contribution in [3.8, 4) is 0 Å². The number of rotatable bonds is 6. The molecule has 0 spiro atoms. The molecule has 5 nitrogen and oxygen atoms in total. The highest BCUT2D eigenvalue weighted by Crippen LogP contribution is 2.23. The van der Waals surface area contributed by atoms with Gasteiger partial charge in [-0.2, -0.15) is 0 Å². The van der Waals surface area contributed by atoms with Gasteiger partial charge in [0.25, 0.3) is 10.0 Å². The average molecular weight is 363 g/mol. The molecule has 24 heavy (non-hydrogen) atoms. The van der Waals surface area contributed by atoms with Gasteiger partial charge in [-0.3, -0.25) is 9.59 Å². The zero-order valence-electron chi connectivity index (χ0n) is 13.2. The van der Waals surface area contributed by atoms with Gasteiger partial charge in [0.2, 0.25) is 5.91 Å². The summed E-state index contributed by atoms with van der Waals surface area (Å²) >= 11 is 1.27. The standard InChI is InChI=1S/C17H17NO4S2/c1-12(19)14-8-10-16(11-9-14)24(21,22)18-17(20)13(2)23-15-6-4-3-5-7-15/h3-11,13H,1-2H3,(H,18,20). The first-order valence-electron chi connectivity index (χ1n) is 7.19. The third kappa shape index (κ3) is 4.69. The van der Waals surface area contributed by atoms with Gasteiger partial charge in [-0.25, -0.2) is 13.1 Å². The van der Waals surface area contributed by atoms with Crippen molar-refractivity contribution in [3.05, 3.63) is 60.2 Å². The summed E-state index contributed by atoms with van der Waals surface area (Å²) < 4.78 is 26.6. The van der Waals surface area contributed by atoms with Gasteiger partial charge in [-0.15, -0.1) is 11.8 Å². The van der Waals surface area contributed by atoms with Crippen LogP contribution in [0.1, 0.15) is 24.2 Å². The van der Waals surface area contributed by atoms with Gasteiger partial charge in [-0.1, -0.05) is 30.3 Å². The summed E-state index contributed by atoms with van der Waals surface area (Å²) in [4.78, 5) is 24.2. The summed E-state index contributed by atoms with van der Waals surface area (Å²) in [5.41, 5.74) is 0.410. The number of carbonyl (C=O) groups is 2. The number of sulfonamides is 1. The zero-order chi connectivity index (χ0) is 17.7. The van der Waals surface area contributed by atoms with Crippen LogP contribution in [0.5, 0.6) is 0 Å². The number of nitrogens with one attached hydrogen (secondary N) is 1. The van der Waals surface area contributed by atoms with E-state index in [1.54, 1.807) is 6.92 Å². The molecule has 0 saturated heterocycles. The molecule has 0 heterocycles. The Morgan fingerprint density at radius 1 is 1.00 bits per heavy atom. The van der Waals surface area contributed by atoms with E-state index in [9.17, 15) is 18.0 Å². The molecule has 2 aromatic rings. The largest absolute Gasteiger partial charge is 0.295 e. The highest BCUT2D eigenvalue weighted by Gasteiger charge is 2.22. The molecular weight excluding hydrogens is 346 g/mol. The van der Waals surface area contributed by atoms with Crippen LogP contribution in [0.2, 0.25) is 0 Å². The number of ketones is 1. The van der Waals surface area contributed by atoms with Crippen LogP contribution in [0.25, 0.3) is 0 Å². The SMILES string of the molecule is CC(=O)c1ccc(S(=O)(=O)NC(=O)C(C)Sc2ccccc2)cc1. The lowest BCUT2D eigenvalue weighted by Crippen LogP contribution is -2.36. The molecule has 2 rings (SSSR count). The van der Waals surface area contributed by atoms with E-state index in [4.69, 9.17) is 0 Å². The molecule has 0 aliphatic heterocycles. The maximum Gasteiger partial charge on any atom is 0.264 e. The highest BCUT2D eigenvalue weighted by atomic mass is 32.2. The molecule has 1 unspecified atom stereocenters. The van der Waals surface area contributed by atoms with Crippen LogP contribution in [-0.2, 0) is 14.8 Å². The molecule has 0 aromatic heterocycles. The summed E-state index contributed by atoms with van der Waals surface area (Å²) in [6, 6.07) is 14.7. The van der Waals surface area contributed by atoms with Gasteiger partial charge in [0, 0.05) is 10.5 Å². The molecule has 0 radical (unpaired) electrons. The number of amides is 1. The Labute approximate surface area is 145 Å². The molecule has 126 valence electrons. The Balaban J connectivity index is 2.07. The van der Waals surface area contributed by atoms with Crippen molar-refractivity contribution < 1.29 is 18.0 Å². The van der Waals surface area contributed by atoms with Crippen molar-refractivity contribution in [2.45, 2.75) is 28.9 Å². The highest BCUT2D eigenvalue weighted by molar-refractivity contribution is 8.00. The van der Waals surface area contributed by atoms with Gasteiger partial charge in [0.15, 0.2) is 5.78 Å². The minimum absolute atomic E-state index is 0.0576. The van der Waals surface area contributed by atoms with Gasteiger partial charge in [0.1, 0.15) is 0 Å². The molecule has 0 fully saturated rings. The third-order valence-electron chi connectivity index (χ3n) is 3.23. The lowest BCUT2D eigenvalue weighted by molar-refractivity contribution is -0.118. The Hall–Kier alpha value is -2.12.